The van der Waals surface area contributed by atoms with Gasteiger partial charge < -0.3 is 0 Å². The molecule has 0 aliphatic carbocycles. The molecule has 22 heavy (non-hydrogen) atoms. The molecule has 0 saturated heterocycles. The molecule has 0 saturated carbocycles. The van der Waals surface area contributed by atoms with E-state index in [0.29, 0.717) is 0 Å². The van der Waals surface area contributed by atoms with Crippen LogP contribution < -0.4 is 15.2 Å². The number of hydrogen-bond acceptors (Lipinski definition) is 0. The molecule has 1 aromatic heterocycles. The Hall–Kier alpha value is -1.92. The summed E-state index contributed by atoms with van der Waals surface area (Å²) in [7, 11) is 1.79. The van der Waals surface area contributed by atoms with Gasteiger partial charge in [0.25, 0.3) is 5.82 Å². The van der Waals surface area contributed by atoms with Gasteiger partial charge in [0, 0.05) is 13.1 Å². The molecule has 0 atom stereocenters. The number of benzene rings is 2. The molecule has 2 nitrogen and oxygen atoms in total. The van der Waals surface area contributed by atoms with Gasteiger partial charge in [-0.1, -0.05) is 60.7 Å². The predicted octanol–water partition coefficient (Wildman–Crippen LogP) is 2.75. The second-order valence-corrected chi connectivity index (χ2v) is 7.81. The second kappa shape index (κ2) is 6.89. The van der Waals surface area contributed by atoms with Gasteiger partial charge in [0.1, 0.15) is 12.4 Å². The zero-order valence-corrected chi connectivity index (χ0v) is 14.1. The Morgan fingerprint density at radius 1 is 0.909 bits per heavy atom. The molecular weight excluding hydrogens is 287 g/mol. The third kappa shape index (κ3) is 3.28. The lowest BCUT2D eigenvalue weighted by atomic mass is 10.4. The van der Waals surface area contributed by atoms with E-state index in [-0.39, 0.29) is 7.92 Å². The van der Waals surface area contributed by atoms with E-state index in [1.165, 1.54) is 22.6 Å². The average Bonchev–Trinajstić information content (AvgIpc) is 2.89. The lowest BCUT2D eigenvalue weighted by Crippen LogP contribution is -2.30. The molecule has 0 N–H and O–H groups in total. The lowest BCUT2D eigenvalue weighted by Gasteiger charge is -2.18. The van der Waals surface area contributed by atoms with Crippen LogP contribution in [-0.2, 0) is 13.6 Å². The lowest BCUT2D eigenvalue weighted by molar-refractivity contribution is -0.677. The number of imidazole rings is 1. The third-order valence-corrected chi connectivity index (χ3v) is 6.59. The van der Waals surface area contributed by atoms with Crippen molar-refractivity contribution in [1.29, 1.82) is 0 Å². The molecule has 0 bridgehead atoms. The fourth-order valence-electron chi connectivity index (χ4n) is 2.67. The third-order valence-electron chi connectivity index (χ3n) is 4.10. The second-order valence-electron chi connectivity index (χ2n) is 5.47. The smallest absolute Gasteiger partial charge is 0.237 e. The fraction of sp³-hybridized carbons (Fsp3) is 0.211. The summed E-state index contributed by atoms with van der Waals surface area (Å²) in [6, 6.07) is 21.8. The Balaban J connectivity index is 1.85. The first-order valence-electron chi connectivity index (χ1n) is 7.65. The van der Waals surface area contributed by atoms with Gasteiger partial charge in [0.2, 0.25) is 0 Å². The normalized spacial score (nSPS) is 11.0. The number of aryl methyl sites for hydroxylation is 2. The Labute approximate surface area is 133 Å². The average molecular weight is 309 g/mol. The Kier molecular flexibility index (Phi) is 4.70. The van der Waals surface area contributed by atoms with Crippen molar-refractivity contribution in [2.45, 2.75) is 13.5 Å². The van der Waals surface area contributed by atoms with E-state index in [0.717, 1.165) is 6.54 Å². The summed E-state index contributed by atoms with van der Waals surface area (Å²) in [5.74, 6) is 1.30. The summed E-state index contributed by atoms with van der Waals surface area (Å²) < 4.78 is 4.52. The van der Waals surface area contributed by atoms with Crippen LogP contribution in [0.2, 0.25) is 0 Å². The van der Waals surface area contributed by atoms with Crippen LogP contribution >= 0.6 is 7.92 Å². The van der Waals surface area contributed by atoms with Crippen molar-refractivity contribution in [3.8, 4) is 0 Å². The summed E-state index contributed by atoms with van der Waals surface area (Å²) in [4.78, 5) is 0. The Morgan fingerprint density at radius 3 is 1.91 bits per heavy atom. The highest BCUT2D eigenvalue weighted by Crippen LogP contribution is 2.33. The largest absolute Gasteiger partial charge is 0.253 e. The highest BCUT2D eigenvalue weighted by Gasteiger charge is 2.16. The molecule has 0 aliphatic heterocycles. The summed E-state index contributed by atoms with van der Waals surface area (Å²) in [6.45, 7) is 3.23. The van der Waals surface area contributed by atoms with E-state index in [9.17, 15) is 0 Å². The Morgan fingerprint density at radius 2 is 1.45 bits per heavy atom. The molecule has 112 valence electrons. The zero-order valence-electron chi connectivity index (χ0n) is 13.2. The molecule has 0 amide bonds. The van der Waals surface area contributed by atoms with Crippen molar-refractivity contribution in [3.63, 3.8) is 0 Å². The highest BCUT2D eigenvalue weighted by molar-refractivity contribution is 7.73. The molecule has 3 rings (SSSR count). The molecular formula is C19H22N2P+. The van der Waals surface area contributed by atoms with Crippen molar-refractivity contribution in [1.82, 2.24) is 4.57 Å². The molecule has 0 fully saturated rings. The van der Waals surface area contributed by atoms with Gasteiger partial charge in [0.05, 0.1) is 13.6 Å². The van der Waals surface area contributed by atoms with Gasteiger partial charge in [-0.15, -0.1) is 0 Å². The first-order valence-corrected chi connectivity index (χ1v) is 9.17. The maximum atomic E-state index is 2.35. The highest BCUT2D eigenvalue weighted by atomic mass is 31.1. The maximum absolute atomic E-state index is 2.35. The van der Waals surface area contributed by atoms with E-state index < -0.39 is 0 Å². The van der Waals surface area contributed by atoms with Crippen LogP contribution in [0.5, 0.6) is 0 Å². The first kappa shape index (κ1) is 15.0. The number of rotatable bonds is 5. The molecule has 0 spiro atoms. The van der Waals surface area contributed by atoms with Gasteiger partial charge >= 0.3 is 0 Å². The van der Waals surface area contributed by atoms with Crippen LogP contribution in [0.15, 0.2) is 73.1 Å². The van der Waals surface area contributed by atoms with E-state index in [1.807, 2.05) is 0 Å². The van der Waals surface area contributed by atoms with E-state index in [2.05, 4.69) is 96.2 Å². The van der Waals surface area contributed by atoms with Crippen LogP contribution in [0.3, 0.4) is 0 Å². The summed E-state index contributed by atoms with van der Waals surface area (Å²) in [5, 5.41) is 2.91. The topological polar surface area (TPSA) is 8.81 Å². The molecule has 0 aliphatic rings. The van der Waals surface area contributed by atoms with Gasteiger partial charge in [-0.25, -0.2) is 9.13 Å². The van der Waals surface area contributed by atoms with Gasteiger partial charge in [-0.2, -0.15) is 0 Å². The molecule has 3 aromatic rings. The van der Waals surface area contributed by atoms with Gasteiger partial charge in [0.15, 0.2) is 0 Å². The van der Waals surface area contributed by atoms with Crippen LogP contribution in [0, 0.1) is 6.92 Å². The van der Waals surface area contributed by atoms with Crippen LogP contribution in [-0.4, -0.2) is 10.7 Å². The predicted molar refractivity (Wildman–Crippen MR) is 94.3 cm³/mol. The summed E-state index contributed by atoms with van der Waals surface area (Å²) >= 11 is 0. The van der Waals surface area contributed by atoms with Gasteiger partial charge in [-0.05, 0) is 18.5 Å². The van der Waals surface area contributed by atoms with Crippen molar-refractivity contribution in [2.24, 2.45) is 7.05 Å². The van der Waals surface area contributed by atoms with E-state index in [4.69, 9.17) is 0 Å². The van der Waals surface area contributed by atoms with Crippen LogP contribution in [0.25, 0.3) is 0 Å². The Bertz CT molecular complexity index is 680. The van der Waals surface area contributed by atoms with E-state index in [1.54, 1.807) is 0 Å². The number of aromatic nitrogens is 2. The van der Waals surface area contributed by atoms with Crippen LogP contribution in [0.1, 0.15) is 5.82 Å². The molecule has 0 radical (unpaired) electrons. The van der Waals surface area contributed by atoms with Crippen molar-refractivity contribution in [2.75, 3.05) is 6.16 Å². The SMILES string of the molecule is Cc1n(CCP(c2ccccc2)c2ccccc2)cc[n+]1C. The number of nitrogens with zero attached hydrogens (tertiary/aromatic N) is 2. The maximum Gasteiger partial charge on any atom is 0.253 e. The van der Waals surface area contributed by atoms with E-state index >= 15 is 0 Å². The minimum absolute atomic E-state index is 0.308. The van der Waals surface area contributed by atoms with Crippen LogP contribution in [0.4, 0.5) is 0 Å². The minimum Gasteiger partial charge on any atom is -0.237 e. The molecule has 2 aromatic carbocycles. The monoisotopic (exact) mass is 309 g/mol. The quantitative estimate of drug-likeness (QED) is 0.506. The summed E-state index contributed by atoms with van der Waals surface area (Å²) in [6.07, 6.45) is 5.47. The summed E-state index contributed by atoms with van der Waals surface area (Å²) in [5.41, 5.74) is 0. The fourth-order valence-corrected chi connectivity index (χ4v) is 4.96. The standard InChI is InChI=1S/C19H22N2P/c1-17-20(2)13-14-21(17)15-16-22(18-9-5-3-6-10-18)19-11-7-4-8-12-19/h3-14H,15-16H2,1-2H3/q+1. The van der Waals surface area contributed by atoms with Crippen molar-refractivity contribution in [3.05, 3.63) is 78.9 Å². The first-order chi connectivity index (χ1) is 10.8. The molecule has 0 unspecified atom stereocenters. The molecule has 1 heterocycles. The van der Waals surface area contributed by atoms with Crippen molar-refractivity contribution >= 4 is 18.5 Å². The number of hydrogen-bond donors (Lipinski definition) is 0. The molecule has 3 heteroatoms. The zero-order chi connectivity index (χ0) is 15.4. The minimum atomic E-state index is -0.308. The van der Waals surface area contributed by atoms with Crippen molar-refractivity contribution < 1.29 is 4.57 Å². The van der Waals surface area contributed by atoms with Gasteiger partial charge in [-0.3, -0.25) is 0 Å².